The monoisotopic (exact) mass is 618 g/mol. The van der Waals surface area contributed by atoms with Crippen molar-refractivity contribution in [2.24, 2.45) is 4.99 Å². The summed E-state index contributed by atoms with van der Waals surface area (Å²) in [4.78, 5) is 30.3. The van der Waals surface area contributed by atoms with E-state index in [1.807, 2.05) is 6.07 Å². The van der Waals surface area contributed by atoms with Crippen molar-refractivity contribution in [3.05, 3.63) is 91.6 Å². The van der Waals surface area contributed by atoms with Gasteiger partial charge in [-0.05, 0) is 100 Å². The van der Waals surface area contributed by atoms with E-state index in [0.29, 0.717) is 32.8 Å². The van der Waals surface area contributed by atoms with Crippen molar-refractivity contribution in [3.63, 3.8) is 0 Å². The molecule has 36 heavy (non-hydrogen) atoms. The minimum Gasteiger partial charge on any atom is -0.493 e. The molecule has 0 aromatic heterocycles. The van der Waals surface area contributed by atoms with Crippen LogP contribution < -0.4 is 9.47 Å². The number of carboxylic acid groups (broad SMARTS) is 1. The number of carbonyl (C=O) groups is 2. The maximum absolute atomic E-state index is 13.5. The van der Waals surface area contributed by atoms with E-state index >= 15 is 0 Å². The number of amides is 1. The lowest BCUT2D eigenvalue weighted by atomic mass is 10.1. The molecule has 1 aliphatic rings. The number of aromatic carboxylic acids is 1. The van der Waals surface area contributed by atoms with Gasteiger partial charge in [0.1, 0.15) is 12.4 Å². The van der Waals surface area contributed by atoms with E-state index in [4.69, 9.17) is 14.6 Å². The molecule has 1 heterocycles. The SMILES string of the molecule is COc1cc(/C=C2\SC(=Nc3ccc(C(=O)O)cc3)N(C)C2=O)cc(I)c1OCc1cccc(F)c1. The summed E-state index contributed by atoms with van der Waals surface area (Å²) in [5, 5.41) is 9.52. The van der Waals surface area contributed by atoms with E-state index in [0.717, 1.165) is 9.13 Å². The number of carbonyl (C=O) groups excluding carboxylic acids is 1. The van der Waals surface area contributed by atoms with Crippen LogP contribution in [-0.2, 0) is 11.4 Å². The molecule has 3 aromatic rings. The molecule has 7 nitrogen and oxygen atoms in total. The second-order valence-electron chi connectivity index (χ2n) is 7.67. The van der Waals surface area contributed by atoms with Crippen LogP contribution in [0.2, 0.25) is 0 Å². The minimum atomic E-state index is -1.02. The van der Waals surface area contributed by atoms with Crippen LogP contribution in [0.25, 0.3) is 6.08 Å². The highest BCUT2D eigenvalue weighted by Gasteiger charge is 2.30. The number of ether oxygens (including phenoxy) is 2. The first-order valence-corrected chi connectivity index (χ1v) is 12.5. The van der Waals surface area contributed by atoms with Crippen molar-refractivity contribution >= 4 is 63.2 Å². The third kappa shape index (κ3) is 5.88. The number of carboxylic acids is 1. The Bertz CT molecular complexity index is 1390. The van der Waals surface area contributed by atoms with E-state index in [-0.39, 0.29) is 23.9 Å². The summed E-state index contributed by atoms with van der Waals surface area (Å²) in [6, 6.07) is 15.9. The Morgan fingerprint density at radius 1 is 1.19 bits per heavy atom. The van der Waals surface area contributed by atoms with E-state index in [1.54, 1.807) is 43.5 Å². The fourth-order valence-electron chi connectivity index (χ4n) is 3.34. The minimum absolute atomic E-state index is 0.162. The number of aliphatic imine (C=N–C) groups is 1. The number of nitrogens with zero attached hydrogens (tertiary/aromatic N) is 2. The Labute approximate surface area is 224 Å². The van der Waals surface area contributed by atoms with Crippen LogP contribution in [0, 0.1) is 9.39 Å². The molecule has 0 atom stereocenters. The van der Waals surface area contributed by atoms with Crippen LogP contribution >= 0.6 is 34.4 Å². The molecule has 0 spiro atoms. The summed E-state index contributed by atoms with van der Waals surface area (Å²) < 4.78 is 25.7. The lowest BCUT2D eigenvalue weighted by Crippen LogP contribution is -2.23. The summed E-state index contributed by atoms with van der Waals surface area (Å²) >= 11 is 3.35. The van der Waals surface area contributed by atoms with Crippen molar-refractivity contribution in [1.29, 1.82) is 0 Å². The largest absolute Gasteiger partial charge is 0.493 e. The number of likely N-dealkylation sites (N-methyl/N-ethyl adjacent to an activating group) is 1. The number of amidine groups is 1. The molecule has 10 heteroatoms. The van der Waals surface area contributed by atoms with Gasteiger partial charge in [-0.25, -0.2) is 14.2 Å². The van der Waals surface area contributed by atoms with Crippen LogP contribution in [0.3, 0.4) is 0 Å². The molecule has 0 aliphatic carbocycles. The normalized spacial score (nSPS) is 15.6. The third-order valence-electron chi connectivity index (χ3n) is 5.16. The van der Waals surface area contributed by atoms with E-state index < -0.39 is 5.97 Å². The first-order valence-electron chi connectivity index (χ1n) is 10.6. The summed E-state index contributed by atoms with van der Waals surface area (Å²) in [6.45, 7) is 0.178. The van der Waals surface area contributed by atoms with Gasteiger partial charge in [0.15, 0.2) is 16.7 Å². The van der Waals surface area contributed by atoms with Gasteiger partial charge in [-0.2, -0.15) is 0 Å². The van der Waals surface area contributed by atoms with Gasteiger partial charge in [0, 0.05) is 7.05 Å². The Morgan fingerprint density at radius 3 is 2.61 bits per heavy atom. The van der Waals surface area contributed by atoms with Gasteiger partial charge in [-0.3, -0.25) is 9.69 Å². The Hall–Kier alpha value is -3.38. The standard InChI is InChI=1S/C26H20FIN2O5S/c1-30-24(31)22(36-26(30)29-19-8-6-17(7-9-19)25(32)33)13-16-11-20(28)23(21(12-16)34-2)35-14-15-4-3-5-18(27)10-15/h3-13H,14H2,1-2H3,(H,32,33)/b22-13-,29-26?. The highest BCUT2D eigenvalue weighted by Crippen LogP contribution is 2.38. The molecule has 0 bridgehead atoms. The number of benzene rings is 3. The lowest BCUT2D eigenvalue weighted by molar-refractivity contribution is -0.121. The molecule has 1 aliphatic heterocycles. The van der Waals surface area contributed by atoms with Crippen LogP contribution in [0.15, 0.2) is 70.6 Å². The number of rotatable bonds is 7. The Balaban J connectivity index is 1.55. The molecule has 3 aromatic carbocycles. The fraction of sp³-hybridized carbons (Fsp3) is 0.115. The molecule has 184 valence electrons. The molecule has 1 saturated heterocycles. The summed E-state index contributed by atoms with van der Waals surface area (Å²) in [7, 11) is 3.16. The molecular weight excluding hydrogens is 598 g/mol. The van der Waals surface area contributed by atoms with Gasteiger partial charge in [0.25, 0.3) is 5.91 Å². The number of halogens is 2. The summed E-state index contributed by atoms with van der Waals surface area (Å²) in [6.07, 6.45) is 1.75. The lowest BCUT2D eigenvalue weighted by Gasteiger charge is -2.14. The number of hydrogen-bond acceptors (Lipinski definition) is 6. The predicted octanol–water partition coefficient (Wildman–Crippen LogP) is 5.95. The number of methoxy groups -OCH3 is 1. The van der Waals surface area contributed by atoms with E-state index in [1.165, 1.54) is 48.0 Å². The average molecular weight is 618 g/mol. The predicted molar refractivity (Wildman–Crippen MR) is 145 cm³/mol. The zero-order valence-corrected chi connectivity index (χ0v) is 22.2. The van der Waals surface area contributed by atoms with Gasteiger partial charge >= 0.3 is 5.97 Å². The highest BCUT2D eigenvalue weighted by molar-refractivity contribution is 14.1. The van der Waals surface area contributed by atoms with Crippen LogP contribution in [0.5, 0.6) is 11.5 Å². The molecule has 4 rings (SSSR count). The zero-order chi connectivity index (χ0) is 25.8. The van der Waals surface area contributed by atoms with Gasteiger partial charge in [0.2, 0.25) is 0 Å². The molecule has 1 fully saturated rings. The number of hydrogen-bond donors (Lipinski definition) is 1. The molecule has 0 saturated carbocycles. The third-order valence-corrected chi connectivity index (χ3v) is 7.03. The van der Waals surface area contributed by atoms with Crippen molar-refractivity contribution < 1.29 is 28.6 Å². The summed E-state index contributed by atoms with van der Waals surface area (Å²) in [5.41, 5.74) is 2.14. The Kier molecular flexibility index (Phi) is 7.94. The summed E-state index contributed by atoms with van der Waals surface area (Å²) in [5.74, 6) is -0.539. The van der Waals surface area contributed by atoms with Gasteiger partial charge in [-0.1, -0.05) is 12.1 Å². The van der Waals surface area contributed by atoms with E-state index in [2.05, 4.69) is 27.6 Å². The molecule has 1 N–H and O–H groups in total. The van der Waals surface area contributed by atoms with Crippen molar-refractivity contribution in [2.75, 3.05) is 14.2 Å². The Morgan fingerprint density at radius 2 is 1.94 bits per heavy atom. The van der Waals surface area contributed by atoms with Crippen molar-refractivity contribution in [1.82, 2.24) is 4.90 Å². The van der Waals surface area contributed by atoms with Gasteiger partial charge in [0.05, 0.1) is 26.8 Å². The topological polar surface area (TPSA) is 88.4 Å². The van der Waals surface area contributed by atoms with Gasteiger partial charge < -0.3 is 14.6 Å². The fourth-order valence-corrected chi connectivity index (χ4v) is 5.11. The van der Waals surface area contributed by atoms with Crippen molar-refractivity contribution in [2.45, 2.75) is 6.61 Å². The molecule has 0 unspecified atom stereocenters. The second kappa shape index (κ2) is 11.1. The highest BCUT2D eigenvalue weighted by atomic mass is 127. The van der Waals surface area contributed by atoms with Gasteiger partial charge in [-0.15, -0.1) is 0 Å². The maximum Gasteiger partial charge on any atom is 0.335 e. The quantitative estimate of drug-likeness (QED) is 0.260. The molecule has 0 radical (unpaired) electrons. The first kappa shape index (κ1) is 25.7. The molecule has 1 amide bonds. The smallest absolute Gasteiger partial charge is 0.335 e. The first-order chi connectivity index (χ1) is 17.2. The zero-order valence-electron chi connectivity index (χ0n) is 19.2. The average Bonchev–Trinajstić information content (AvgIpc) is 3.11. The maximum atomic E-state index is 13.5. The van der Waals surface area contributed by atoms with Crippen molar-refractivity contribution in [3.8, 4) is 11.5 Å². The molecular formula is C26H20FIN2O5S. The number of thioether (sulfide) groups is 1. The van der Waals surface area contributed by atoms with Crippen LogP contribution in [0.4, 0.5) is 10.1 Å². The van der Waals surface area contributed by atoms with E-state index in [9.17, 15) is 14.0 Å². The van der Waals surface area contributed by atoms with Crippen LogP contribution in [0.1, 0.15) is 21.5 Å². The second-order valence-corrected chi connectivity index (χ2v) is 9.85. The van der Waals surface area contributed by atoms with Crippen LogP contribution in [-0.4, -0.2) is 41.2 Å².